The predicted molar refractivity (Wildman–Crippen MR) is 68.8 cm³/mol. The predicted octanol–water partition coefficient (Wildman–Crippen LogP) is 3.17. The van der Waals surface area contributed by atoms with E-state index in [2.05, 4.69) is 26.0 Å². The molecule has 16 heavy (non-hydrogen) atoms. The number of benzene rings is 1. The average molecular weight is 221 g/mol. The Hall–Kier alpha value is -1.02. The molecule has 0 bridgehead atoms. The van der Waals surface area contributed by atoms with Gasteiger partial charge < -0.3 is 10.5 Å². The van der Waals surface area contributed by atoms with E-state index in [0.29, 0.717) is 18.4 Å². The van der Waals surface area contributed by atoms with Crippen LogP contribution < -0.4 is 10.5 Å². The molecule has 0 saturated carbocycles. The Balaban J connectivity index is 2.77. The zero-order valence-corrected chi connectivity index (χ0v) is 10.7. The Morgan fingerprint density at radius 2 is 1.62 bits per heavy atom. The summed E-state index contributed by atoms with van der Waals surface area (Å²) in [5.74, 6) is 1.94. The smallest absolute Gasteiger partial charge is 0.119 e. The highest BCUT2D eigenvalue weighted by Crippen LogP contribution is 2.25. The van der Waals surface area contributed by atoms with Gasteiger partial charge in [-0.05, 0) is 49.9 Å². The number of hydrogen-bond acceptors (Lipinski definition) is 2. The van der Waals surface area contributed by atoms with Crippen molar-refractivity contribution < 1.29 is 4.74 Å². The van der Waals surface area contributed by atoms with Crippen LogP contribution in [0.1, 0.15) is 39.2 Å². The lowest BCUT2D eigenvalue weighted by Gasteiger charge is -2.19. The molecule has 0 aliphatic rings. The van der Waals surface area contributed by atoms with Crippen LogP contribution in [0.4, 0.5) is 0 Å². The van der Waals surface area contributed by atoms with E-state index in [0.717, 1.165) is 5.75 Å². The van der Waals surface area contributed by atoms with E-state index in [1.165, 1.54) is 5.56 Å². The van der Waals surface area contributed by atoms with Gasteiger partial charge in [0.2, 0.25) is 0 Å². The summed E-state index contributed by atoms with van der Waals surface area (Å²) in [5, 5.41) is 0. The lowest BCUT2D eigenvalue weighted by Crippen LogP contribution is -2.17. The number of nitrogens with two attached hydrogens (primary N) is 1. The van der Waals surface area contributed by atoms with Crippen LogP contribution in [-0.2, 0) is 0 Å². The second kappa shape index (κ2) is 5.90. The zero-order chi connectivity index (χ0) is 12.1. The average Bonchev–Trinajstić information content (AvgIpc) is 2.20. The molecule has 0 aliphatic carbocycles. The molecular formula is C14H23NO. The van der Waals surface area contributed by atoms with Crippen molar-refractivity contribution in [3.8, 4) is 5.75 Å². The van der Waals surface area contributed by atoms with E-state index in [9.17, 15) is 0 Å². The fourth-order valence-electron chi connectivity index (χ4n) is 1.86. The second-order valence-electron chi connectivity index (χ2n) is 4.82. The summed E-state index contributed by atoms with van der Waals surface area (Å²) in [4.78, 5) is 0. The number of ether oxygens (including phenoxy) is 1. The first-order chi connectivity index (χ1) is 7.54. The van der Waals surface area contributed by atoms with Crippen LogP contribution in [0.25, 0.3) is 0 Å². The molecule has 0 fully saturated rings. The molecule has 90 valence electrons. The molecule has 0 amide bonds. The molecule has 0 spiro atoms. The topological polar surface area (TPSA) is 35.2 Å². The third kappa shape index (κ3) is 3.53. The van der Waals surface area contributed by atoms with E-state index < -0.39 is 0 Å². The lowest BCUT2D eigenvalue weighted by molar-refractivity contribution is 0.242. The van der Waals surface area contributed by atoms with E-state index in [1.54, 1.807) is 0 Å². The standard InChI is InChI=1S/C14H23NO/c1-10(2)14(9-15)12-5-7-13(8-6-12)16-11(3)4/h5-8,10-11,14H,9,15H2,1-4H3. The minimum absolute atomic E-state index is 0.223. The summed E-state index contributed by atoms with van der Waals surface area (Å²) in [6.07, 6.45) is 0.223. The summed E-state index contributed by atoms with van der Waals surface area (Å²) in [6, 6.07) is 8.30. The number of rotatable bonds is 5. The van der Waals surface area contributed by atoms with Crippen molar-refractivity contribution in [2.45, 2.75) is 39.7 Å². The minimum atomic E-state index is 0.223. The van der Waals surface area contributed by atoms with Gasteiger partial charge in [0.15, 0.2) is 0 Å². The van der Waals surface area contributed by atoms with Crippen LogP contribution in [0.3, 0.4) is 0 Å². The van der Waals surface area contributed by atoms with Crippen molar-refractivity contribution in [2.75, 3.05) is 6.54 Å². The summed E-state index contributed by atoms with van der Waals surface area (Å²) in [6.45, 7) is 9.17. The van der Waals surface area contributed by atoms with Crippen LogP contribution in [0.15, 0.2) is 24.3 Å². The summed E-state index contributed by atoms with van der Waals surface area (Å²) >= 11 is 0. The molecule has 2 N–H and O–H groups in total. The minimum Gasteiger partial charge on any atom is -0.491 e. The Morgan fingerprint density at radius 1 is 1.06 bits per heavy atom. The monoisotopic (exact) mass is 221 g/mol. The van der Waals surface area contributed by atoms with Gasteiger partial charge in [-0.3, -0.25) is 0 Å². The van der Waals surface area contributed by atoms with Gasteiger partial charge in [0, 0.05) is 0 Å². The molecule has 0 aromatic heterocycles. The van der Waals surface area contributed by atoms with Crippen LogP contribution in [-0.4, -0.2) is 12.6 Å². The maximum atomic E-state index is 5.79. The molecule has 2 heteroatoms. The van der Waals surface area contributed by atoms with E-state index >= 15 is 0 Å². The highest BCUT2D eigenvalue weighted by Gasteiger charge is 2.13. The van der Waals surface area contributed by atoms with Crippen molar-refractivity contribution >= 4 is 0 Å². The Labute approximate surface area is 98.8 Å². The molecule has 1 rings (SSSR count). The Kier molecular flexibility index (Phi) is 4.81. The largest absolute Gasteiger partial charge is 0.491 e. The first-order valence-electron chi connectivity index (χ1n) is 6.01. The van der Waals surface area contributed by atoms with Gasteiger partial charge in [-0.1, -0.05) is 26.0 Å². The number of hydrogen-bond donors (Lipinski definition) is 1. The van der Waals surface area contributed by atoms with Crippen LogP contribution in [0.2, 0.25) is 0 Å². The van der Waals surface area contributed by atoms with Crippen molar-refractivity contribution in [3.63, 3.8) is 0 Å². The first kappa shape index (κ1) is 13.0. The maximum Gasteiger partial charge on any atom is 0.119 e. The SMILES string of the molecule is CC(C)Oc1ccc(C(CN)C(C)C)cc1. The third-order valence-corrected chi connectivity index (χ3v) is 2.74. The Bertz CT molecular complexity index is 303. The molecule has 0 saturated heterocycles. The van der Waals surface area contributed by atoms with Crippen molar-refractivity contribution in [2.24, 2.45) is 11.7 Å². The van der Waals surface area contributed by atoms with Gasteiger partial charge in [0.25, 0.3) is 0 Å². The zero-order valence-electron chi connectivity index (χ0n) is 10.7. The normalized spacial score (nSPS) is 13.2. The first-order valence-corrected chi connectivity index (χ1v) is 6.01. The van der Waals surface area contributed by atoms with Gasteiger partial charge in [0.05, 0.1) is 6.10 Å². The Morgan fingerprint density at radius 3 is 2.00 bits per heavy atom. The van der Waals surface area contributed by atoms with Gasteiger partial charge in [0.1, 0.15) is 5.75 Å². The van der Waals surface area contributed by atoms with Crippen LogP contribution in [0.5, 0.6) is 5.75 Å². The molecule has 1 atom stereocenters. The summed E-state index contributed by atoms with van der Waals surface area (Å²) in [5.41, 5.74) is 7.09. The van der Waals surface area contributed by atoms with E-state index in [1.807, 2.05) is 26.0 Å². The van der Waals surface area contributed by atoms with Crippen molar-refractivity contribution in [1.29, 1.82) is 0 Å². The van der Waals surface area contributed by atoms with E-state index in [4.69, 9.17) is 10.5 Å². The van der Waals surface area contributed by atoms with Crippen molar-refractivity contribution in [3.05, 3.63) is 29.8 Å². The molecular weight excluding hydrogens is 198 g/mol. The molecule has 2 nitrogen and oxygen atoms in total. The van der Waals surface area contributed by atoms with Gasteiger partial charge in [-0.2, -0.15) is 0 Å². The fraction of sp³-hybridized carbons (Fsp3) is 0.571. The molecule has 1 unspecified atom stereocenters. The van der Waals surface area contributed by atoms with Gasteiger partial charge in [-0.15, -0.1) is 0 Å². The van der Waals surface area contributed by atoms with Crippen LogP contribution >= 0.6 is 0 Å². The molecule has 0 heterocycles. The lowest BCUT2D eigenvalue weighted by atomic mass is 9.89. The highest BCUT2D eigenvalue weighted by atomic mass is 16.5. The fourth-order valence-corrected chi connectivity index (χ4v) is 1.86. The molecule has 0 aliphatic heterocycles. The van der Waals surface area contributed by atoms with Gasteiger partial charge >= 0.3 is 0 Å². The van der Waals surface area contributed by atoms with Crippen molar-refractivity contribution in [1.82, 2.24) is 0 Å². The quantitative estimate of drug-likeness (QED) is 0.829. The maximum absolute atomic E-state index is 5.79. The van der Waals surface area contributed by atoms with Crippen LogP contribution in [0, 0.1) is 5.92 Å². The molecule has 0 radical (unpaired) electrons. The second-order valence-corrected chi connectivity index (χ2v) is 4.82. The van der Waals surface area contributed by atoms with Gasteiger partial charge in [-0.25, -0.2) is 0 Å². The summed E-state index contributed by atoms with van der Waals surface area (Å²) in [7, 11) is 0. The third-order valence-electron chi connectivity index (χ3n) is 2.74. The highest BCUT2D eigenvalue weighted by molar-refractivity contribution is 5.30. The summed E-state index contributed by atoms with van der Waals surface area (Å²) < 4.78 is 5.61. The molecule has 1 aromatic rings. The molecule has 1 aromatic carbocycles. The van der Waals surface area contributed by atoms with E-state index in [-0.39, 0.29) is 6.10 Å².